The molecule has 2 aromatic heterocycles. The minimum atomic E-state index is -1.24. The van der Waals surface area contributed by atoms with E-state index in [2.05, 4.69) is 9.97 Å². The standard InChI is InChI=1S/C22H14ClF3N2O/c23-13-3-5-15(18(25)8-13)17-11-28-21(16-6-4-14(24)9-19(16)26)20(17)22(29)12-2-1-7-27-10-12/h1-11,22,28-29H. The van der Waals surface area contributed by atoms with Crippen LogP contribution in [0.3, 0.4) is 0 Å². The number of rotatable bonds is 4. The van der Waals surface area contributed by atoms with E-state index in [0.29, 0.717) is 11.1 Å². The zero-order chi connectivity index (χ0) is 20.5. The molecule has 0 radical (unpaired) electrons. The maximum Gasteiger partial charge on any atom is 0.135 e. The Morgan fingerprint density at radius 2 is 1.69 bits per heavy atom. The molecule has 29 heavy (non-hydrogen) atoms. The van der Waals surface area contributed by atoms with Gasteiger partial charge < -0.3 is 10.1 Å². The van der Waals surface area contributed by atoms with E-state index in [-0.39, 0.29) is 27.4 Å². The summed E-state index contributed by atoms with van der Waals surface area (Å²) in [5, 5.41) is 11.3. The van der Waals surface area contributed by atoms with Crippen molar-refractivity contribution in [3.63, 3.8) is 0 Å². The summed E-state index contributed by atoms with van der Waals surface area (Å²) < 4.78 is 42.5. The predicted molar refractivity (Wildman–Crippen MR) is 105 cm³/mol. The average Bonchev–Trinajstić information content (AvgIpc) is 3.12. The predicted octanol–water partition coefficient (Wildman–Crippen LogP) is 5.90. The summed E-state index contributed by atoms with van der Waals surface area (Å²) in [4.78, 5) is 6.89. The lowest BCUT2D eigenvalue weighted by molar-refractivity contribution is 0.221. The molecule has 146 valence electrons. The molecule has 0 saturated carbocycles. The topological polar surface area (TPSA) is 48.9 Å². The van der Waals surface area contributed by atoms with Crippen molar-refractivity contribution in [3.8, 4) is 22.4 Å². The van der Waals surface area contributed by atoms with Crippen LogP contribution < -0.4 is 0 Å². The number of hydrogen-bond acceptors (Lipinski definition) is 2. The molecule has 0 bridgehead atoms. The molecule has 1 unspecified atom stereocenters. The smallest absolute Gasteiger partial charge is 0.135 e. The number of nitrogens with zero attached hydrogens (tertiary/aromatic N) is 1. The first kappa shape index (κ1) is 19.2. The van der Waals surface area contributed by atoms with E-state index in [4.69, 9.17) is 11.6 Å². The molecule has 0 aliphatic carbocycles. The first-order chi connectivity index (χ1) is 14.0. The van der Waals surface area contributed by atoms with E-state index < -0.39 is 23.6 Å². The molecular formula is C22H14ClF3N2O. The van der Waals surface area contributed by atoms with Gasteiger partial charge in [0.15, 0.2) is 0 Å². The van der Waals surface area contributed by atoms with Gasteiger partial charge in [0.25, 0.3) is 0 Å². The van der Waals surface area contributed by atoms with E-state index in [0.717, 1.165) is 18.2 Å². The normalized spacial score (nSPS) is 12.2. The van der Waals surface area contributed by atoms with Gasteiger partial charge in [-0.25, -0.2) is 13.2 Å². The van der Waals surface area contributed by atoms with Gasteiger partial charge in [-0.2, -0.15) is 0 Å². The van der Waals surface area contributed by atoms with E-state index in [9.17, 15) is 18.3 Å². The fraction of sp³-hybridized carbons (Fsp3) is 0.0455. The van der Waals surface area contributed by atoms with Crippen LogP contribution in [0.15, 0.2) is 67.1 Å². The first-order valence-electron chi connectivity index (χ1n) is 8.66. The van der Waals surface area contributed by atoms with Crippen molar-refractivity contribution in [1.82, 2.24) is 9.97 Å². The summed E-state index contributed by atoms with van der Waals surface area (Å²) in [6.07, 6.45) is 3.25. The molecule has 0 aliphatic heterocycles. The highest BCUT2D eigenvalue weighted by molar-refractivity contribution is 6.30. The van der Waals surface area contributed by atoms with Gasteiger partial charge in [-0.05, 0) is 36.4 Å². The van der Waals surface area contributed by atoms with Crippen LogP contribution in [0, 0.1) is 17.5 Å². The zero-order valence-electron chi connectivity index (χ0n) is 14.8. The SMILES string of the molecule is OC(c1cccnc1)c1c(-c2ccc(Cl)cc2F)c[nH]c1-c1ccc(F)cc1F. The number of H-pyrrole nitrogens is 1. The van der Waals surface area contributed by atoms with E-state index in [1.165, 1.54) is 30.6 Å². The quantitative estimate of drug-likeness (QED) is 0.437. The van der Waals surface area contributed by atoms with Crippen LogP contribution in [0.4, 0.5) is 13.2 Å². The van der Waals surface area contributed by atoms with Crippen molar-refractivity contribution in [2.75, 3.05) is 0 Å². The molecule has 4 rings (SSSR count). The van der Waals surface area contributed by atoms with E-state index in [1.807, 2.05) is 0 Å². The van der Waals surface area contributed by atoms with E-state index in [1.54, 1.807) is 18.3 Å². The second-order valence-electron chi connectivity index (χ2n) is 6.43. The zero-order valence-corrected chi connectivity index (χ0v) is 15.6. The van der Waals surface area contributed by atoms with Gasteiger partial charge >= 0.3 is 0 Å². The Hall–Kier alpha value is -3.09. The van der Waals surface area contributed by atoms with Crippen LogP contribution in [0.5, 0.6) is 0 Å². The number of halogens is 4. The Bertz CT molecular complexity index is 1110. The maximum absolute atomic E-state index is 14.6. The van der Waals surface area contributed by atoms with Gasteiger partial charge in [0.2, 0.25) is 0 Å². The summed E-state index contributed by atoms with van der Waals surface area (Å²) >= 11 is 5.85. The Balaban J connectivity index is 1.96. The molecule has 7 heteroatoms. The number of pyridine rings is 1. The van der Waals surface area contributed by atoms with Crippen LogP contribution in [0.2, 0.25) is 5.02 Å². The number of hydrogen-bond donors (Lipinski definition) is 2. The number of aliphatic hydroxyl groups excluding tert-OH is 1. The monoisotopic (exact) mass is 414 g/mol. The Kier molecular flexibility index (Phi) is 5.13. The number of aliphatic hydroxyl groups is 1. The first-order valence-corrected chi connectivity index (χ1v) is 9.03. The molecule has 0 amide bonds. The van der Waals surface area contributed by atoms with Crippen molar-refractivity contribution in [2.24, 2.45) is 0 Å². The van der Waals surface area contributed by atoms with Crippen LogP contribution in [0.1, 0.15) is 17.2 Å². The molecule has 1 atom stereocenters. The Labute approximate surface area is 169 Å². The van der Waals surface area contributed by atoms with Gasteiger partial charge in [0.05, 0.1) is 5.69 Å². The van der Waals surface area contributed by atoms with Crippen molar-refractivity contribution in [1.29, 1.82) is 0 Å². The molecule has 0 aliphatic rings. The summed E-state index contributed by atoms with van der Waals surface area (Å²) in [6.45, 7) is 0. The lowest BCUT2D eigenvalue weighted by Gasteiger charge is -2.16. The third-order valence-electron chi connectivity index (χ3n) is 4.62. The van der Waals surface area contributed by atoms with E-state index >= 15 is 0 Å². The van der Waals surface area contributed by atoms with Crippen LogP contribution in [0.25, 0.3) is 22.4 Å². The fourth-order valence-electron chi connectivity index (χ4n) is 3.27. The summed E-state index contributed by atoms with van der Waals surface area (Å²) in [5.74, 6) is -2.13. The highest BCUT2D eigenvalue weighted by Crippen LogP contribution is 2.40. The van der Waals surface area contributed by atoms with Crippen molar-refractivity contribution in [3.05, 3.63) is 101 Å². The second kappa shape index (κ2) is 7.73. The molecular weight excluding hydrogens is 401 g/mol. The second-order valence-corrected chi connectivity index (χ2v) is 6.86. The van der Waals surface area contributed by atoms with Gasteiger partial charge in [0.1, 0.15) is 23.6 Å². The number of aromatic nitrogens is 2. The minimum Gasteiger partial charge on any atom is -0.383 e. The lowest BCUT2D eigenvalue weighted by atomic mass is 9.92. The van der Waals surface area contributed by atoms with Gasteiger partial charge in [-0.1, -0.05) is 17.7 Å². The van der Waals surface area contributed by atoms with Crippen molar-refractivity contribution >= 4 is 11.6 Å². The minimum absolute atomic E-state index is 0.0463. The molecule has 4 aromatic rings. The van der Waals surface area contributed by atoms with Crippen LogP contribution in [-0.4, -0.2) is 15.1 Å². The van der Waals surface area contributed by atoms with Crippen LogP contribution >= 0.6 is 11.6 Å². The molecule has 2 heterocycles. The van der Waals surface area contributed by atoms with Crippen molar-refractivity contribution in [2.45, 2.75) is 6.10 Å². The highest BCUT2D eigenvalue weighted by Gasteiger charge is 2.25. The number of nitrogens with one attached hydrogen (secondary N) is 1. The van der Waals surface area contributed by atoms with Crippen molar-refractivity contribution < 1.29 is 18.3 Å². The largest absolute Gasteiger partial charge is 0.383 e. The molecule has 0 fully saturated rings. The van der Waals surface area contributed by atoms with Gasteiger partial charge in [-0.15, -0.1) is 0 Å². The number of benzene rings is 2. The lowest BCUT2D eigenvalue weighted by Crippen LogP contribution is -2.04. The maximum atomic E-state index is 14.6. The molecule has 2 N–H and O–H groups in total. The summed E-state index contributed by atoms with van der Waals surface area (Å²) in [6, 6.07) is 10.6. The highest BCUT2D eigenvalue weighted by atomic mass is 35.5. The summed E-state index contributed by atoms with van der Waals surface area (Å²) in [7, 11) is 0. The summed E-state index contributed by atoms with van der Waals surface area (Å²) in [5.41, 5.74) is 1.44. The molecule has 0 saturated heterocycles. The third kappa shape index (κ3) is 3.64. The van der Waals surface area contributed by atoms with Gasteiger partial charge in [0, 0.05) is 57.5 Å². The number of aromatic amines is 1. The Morgan fingerprint density at radius 3 is 2.38 bits per heavy atom. The van der Waals surface area contributed by atoms with Crippen LogP contribution in [-0.2, 0) is 0 Å². The average molecular weight is 415 g/mol. The fourth-order valence-corrected chi connectivity index (χ4v) is 3.43. The molecule has 0 spiro atoms. The Morgan fingerprint density at radius 1 is 0.931 bits per heavy atom. The van der Waals surface area contributed by atoms with Gasteiger partial charge in [-0.3, -0.25) is 4.98 Å². The third-order valence-corrected chi connectivity index (χ3v) is 4.85. The molecule has 2 aromatic carbocycles. The molecule has 3 nitrogen and oxygen atoms in total.